The van der Waals surface area contributed by atoms with Gasteiger partial charge < -0.3 is 5.11 Å². The fourth-order valence-electron chi connectivity index (χ4n) is 1.60. The lowest BCUT2D eigenvalue weighted by atomic mass is 9.85. The van der Waals surface area contributed by atoms with Crippen molar-refractivity contribution in [2.24, 2.45) is 17.3 Å². The first-order valence-corrected chi connectivity index (χ1v) is 5.16. The zero-order valence-electron chi connectivity index (χ0n) is 8.64. The Morgan fingerprint density at radius 1 is 1.42 bits per heavy atom. The Morgan fingerprint density at radius 2 is 2.00 bits per heavy atom. The van der Waals surface area contributed by atoms with Crippen LogP contribution in [0.15, 0.2) is 0 Å². The first kappa shape index (κ1) is 10.0. The Morgan fingerprint density at radius 3 is 2.42 bits per heavy atom. The summed E-state index contributed by atoms with van der Waals surface area (Å²) in [5.41, 5.74) is 0.142. The zero-order chi connectivity index (χ0) is 9.19. The largest absolute Gasteiger partial charge is 0.396 e. The van der Waals surface area contributed by atoms with E-state index in [9.17, 15) is 0 Å². The Labute approximate surface area is 76.2 Å². The number of hydrogen-bond donors (Lipinski definition) is 1. The number of rotatable bonds is 5. The predicted molar refractivity (Wildman–Crippen MR) is 52.0 cm³/mol. The average Bonchev–Trinajstić information content (AvgIpc) is 2.83. The summed E-state index contributed by atoms with van der Waals surface area (Å²) in [5, 5.41) is 9.06. The Bertz CT molecular complexity index is 136. The molecule has 1 N–H and O–H groups in total. The third kappa shape index (κ3) is 3.14. The lowest BCUT2D eigenvalue weighted by Gasteiger charge is -2.23. The molecule has 0 spiro atoms. The minimum absolute atomic E-state index is 0.142. The minimum atomic E-state index is 0.142. The van der Waals surface area contributed by atoms with Crippen molar-refractivity contribution >= 4 is 0 Å². The molecule has 12 heavy (non-hydrogen) atoms. The van der Waals surface area contributed by atoms with Gasteiger partial charge in [0.25, 0.3) is 0 Å². The van der Waals surface area contributed by atoms with Gasteiger partial charge in [0, 0.05) is 6.61 Å². The molecule has 0 aromatic carbocycles. The van der Waals surface area contributed by atoms with Crippen LogP contribution < -0.4 is 0 Å². The van der Waals surface area contributed by atoms with Gasteiger partial charge in [-0.2, -0.15) is 0 Å². The van der Waals surface area contributed by atoms with E-state index in [1.54, 1.807) is 0 Å². The SMILES string of the molecule is CC(CCC(C)(C)CO)C1CC1. The molecular weight excluding hydrogens is 148 g/mol. The second kappa shape index (κ2) is 3.78. The van der Waals surface area contributed by atoms with Crippen molar-refractivity contribution in [3.8, 4) is 0 Å². The first-order chi connectivity index (χ1) is 5.55. The molecule has 0 aliphatic heterocycles. The summed E-state index contributed by atoms with van der Waals surface area (Å²) < 4.78 is 0. The summed E-state index contributed by atoms with van der Waals surface area (Å²) in [5.74, 6) is 1.90. The van der Waals surface area contributed by atoms with Crippen LogP contribution in [0.4, 0.5) is 0 Å². The molecule has 0 aromatic heterocycles. The van der Waals surface area contributed by atoms with Gasteiger partial charge in [-0.25, -0.2) is 0 Å². The first-order valence-electron chi connectivity index (χ1n) is 5.16. The van der Waals surface area contributed by atoms with Gasteiger partial charge in [-0.05, 0) is 42.9 Å². The third-order valence-corrected chi connectivity index (χ3v) is 3.13. The summed E-state index contributed by atoms with van der Waals surface area (Å²) in [4.78, 5) is 0. The van der Waals surface area contributed by atoms with Gasteiger partial charge in [-0.3, -0.25) is 0 Å². The summed E-state index contributed by atoms with van der Waals surface area (Å²) in [7, 11) is 0. The maximum atomic E-state index is 9.06. The van der Waals surface area contributed by atoms with Crippen LogP contribution in [0.2, 0.25) is 0 Å². The molecule has 1 atom stereocenters. The molecule has 72 valence electrons. The van der Waals surface area contributed by atoms with Gasteiger partial charge in [0.2, 0.25) is 0 Å². The summed E-state index contributed by atoms with van der Waals surface area (Å²) in [6.45, 7) is 6.97. The predicted octanol–water partition coefficient (Wildman–Crippen LogP) is 2.83. The molecule has 1 unspecified atom stereocenters. The molecular formula is C11H22O. The highest BCUT2D eigenvalue weighted by Gasteiger charge is 2.29. The maximum Gasteiger partial charge on any atom is 0.0482 e. The van der Waals surface area contributed by atoms with Crippen LogP contribution in [-0.4, -0.2) is 11.7 Å². The topological polar surface area (TPSA) is 20.2 Å². The van der Waals surface area contributed by atoms with E-state index in [1.807, 2.05) is 0 Å². The van der Waals surface area contributed by atoms with E-state index in [4.69, 9.17) is 5.11 Å². The van der Waals surface area contributed by atoms with Crippen molar-refractivity contribution < 1.29 is 5.11 Å². The smallest absolute Gasteiger partial charge is 0.0482 e. The fraction of sp³-hybridized carbons (Fsp3) is 1.00. The highest BCUT2D eigenvalue weighted by Crippen LogP contribution is 2.40. The van der Waals surface area contributed by atoms with Gasteiger partial charge in [0.15, 0.2) is 0 Å². The summed E-state index contributed by atoms with van der Waals surface area (Å²) in [6.07, 6.45) is 5.35. The number of hydrogen-bond acceptors (Lipinski definition) is 1. The Hall–Kier alpha value is -0.0400. The van der Waals surface area contributed by atoms with Crippen molar-refractivity contribution in [3.63, 3.8) is 0 Å². The van der Waals surface area contributed by atoms with Crippen molar-refractivity contribution in [2.45, 2.75) is 46.5 Å². The summed E-state index contributed by atoms with van der Waals surface area (Å²) in [6, 6.07) is 0. The molecule has 1 fully saturated rings. The lowest BCUT2D eigenvalue weighted by Crippen LogP contribution is -2.17. The monoisotopic (exact) mass is 170 g/mol. The van der Waals surface area contributed by atoms with Crippen molar-refractivity contribution in [3.05, 3.63) is 0 Å². The van der Waals surface area contributed by atoms with E-state index in [0.29, 0.717) is 6.61 Å². The van der Waals surface area contributed by atoms with E-state index >= 15 is 0 Å². The molecule has 1 nitrogen and oxygen atoms in total. The lowest BCUT2D eigenvalue weighted by molar-refractivity contribution is 0.141. The van der Waals surface area contributed by atoms with Crippen molar-refractivity contribution in [1.29, 1.82) is 0 Å². The van der Waals surface area contributed by atoms with E-state index < -0.39 is 0 Å². The number of aliphatic hydroxyl groups is 1. The molecule has 1 aliphatic rings. The van der Waals surface area contributed by atoms with Crippen molar-refractivity contribution in [2.75, 3.05) is 6.61 Å². The fourth-order valence-corrected chi connectivity index (χ4v) is 1.60. The third-order valence-electron chi connectivity index (χ3n) is 3.13. The second-order valence-corrected chi connectivity index (χ2v) is 5.18. The highest BCUT2D eigenvalue weighted by atomic mass is 16.3. The number of aliphatic hydroxyl groups excluding tert-OH is 1. The standard InChI is InChI=1S/C11H22O/c1-9(10-4-5-10)6-7-11(2,3)8-12/h9-10,12H,4-8H2,1-3H3. The Kier molecular flexibility index (Phi) is 3.16. The van der Waals surface area contributed by atoms with Gasteiger partial charge >= 0.3 is 0 Å². The van der Waals surface area contributed by atoms with Gasteiger partial charge in [-0.1, -0.05) is 20.8 Å². The van der Waals surface area contributed by atoms with Gasteiger partial charge in [0.05, 0.1) is 0 Å². The average molecular weight is 170 g/mol. The normalized spacial score (nSPS) is 21.0. The molecule has 0 radical (unpaired) electrons. The minimum Gasteiger partial charge on any atom is -0.396 e. The van der Waals surface area contributed by atoms with E-state index in [0.717, 1.165) is 11.8 Å². The molecule has 1 rings (SSSR count). The molecule has 0 saturated heterocycles. The van der Waals surface area contributed by atoms with E-state index in [-0.39, 0.29) is 5.41 Å². The van der Waals surface area contributed by atoms with Crippen LogP contribution in [0.1, 0.15) is 46.5 Å². The molecule has 0 bridgehead atoms. The van der Waals surface area contributed by atoms with Crippen LogP contribution >= 0.6 is 0 Å². The van der Waals surface area contributed by atoms with E-state index in [2.05, 4.69) is 20.8 Å². The quantitative estimate of drug-likeness (QED) is 0.672. The van der Waals surface area contributed by atoms with Crippen LogP contribution in [0.25, 0.3) is 0 Å². The van der Waals surface area contributed by atoms with Gasteiger partial charge in [0.1, 0.15) is 0 Å². The molecule has 1 saturated carbocycles. The van der Waals surface area contributed by atoms with Crippen molar-refractivity contribution in [1.82, 2.24) is 0 Å². The zero-order valence-corrected chi connectivity index (χ0v) is 8.64. The van der Waals surface area contributed by atoms with E-state index in [1.165, 1.54) is 25.7 Å². The second-order valence-electron chi connectivity index (χ2n) is 5.18. The molecule has 1 heteroatoms. The van der Waals surface area contributed by atoms with Crippen LogP contribution in [-0.2, 0) is 0 Å². The molecule has 0 amide bonds. The highest BCUT2D eigenvalue weighted by molar-refractivity contribution is 4.80. The summed E-state index contributed by atoms with van der Waals surface area (Å²) >= 11 is 0. The molecule has 0 heterocycles. The van der Waals surface area contributed by atoms with Crippen LogP contribution in [0.3, 0.4) is 0 Å². The van der Waals surface area contributed by atoms with Crippen LogP contribution in [0.5, 0.6) is 0 Å². The maximum absolute atomic E-state index is 9.06. The molecule has 1 aliphatic carbocycles. The van der Waals surface area contributed by atoms with Gasteiger partial charge in [-0.15, -0.1) is 0 Å². The Balaban J connectivity index is 2.14. The van der Waals surface area contributed by atoms with Crippen LogP contribution in [0, 0.1) is 17.3 Å². The molecule has 0 aromatic rings.